The molecule has 1 aromatic rings. The zero-order chi connectivity index (χ0) is 12.3. The highest BCUT2D eigenvalue weighted by atomic mass is 35.5. The number of piperidine rings is 1. The Morgan fingerprint density at radius 1 is 1.41 bits per heavy atom. The fourth-order valence-corrected chi connectivity index (χ4v) is 2.43. The predicted molar refractivity (Wildman–Crippen MR) is 70.0 cm³/mol. The minimum Gasteiger partial charge on any atom is -0.495 e. The molecular formula is C13H18ClNO2. The Bertz CT molecular complexity index is 376. The van der Waals surface area contributed by atoms with Gasteiger partial charge in [0.1, 0.15) is 5.75 Å². The molecule has 0 aromatic heterocycles. The van der Waals surface area contributed by atoms with Crippen LogP contribution in [0.5, 0.6) is 5.75 Å². The standard InChI is InChI=1S/C13H18ClNO2/c1-17-13-3-2-11(14)8-12(13)15-6-4-10(9-16)5-7-15/h2-3,8,10,16H,4-7,9H2,1H3. The number of anilines is 1. The summed E-state index contributed by atoms with van der Waals surface area (Å²) >= 11 is 6.03. The van der Waals surface area contributed by atoms with E-state index in [4.69, 9.17) is 21.4 Å². The molecule has 17 heavy (non-hydrogen) atoms. The van der Waals surface area contributed by atoms with Gasteiger partial charge < -0.3 is 14.7 Å². The second kappa shape index (κ2) is 5.61. The molecule has 1 aliphatic rings. The summed E-state index contributed by atoms with van der Waals surface area (Å²) in [5.74, 6) is 1.30. The minimum atomic E-state index is 0.292. The molecule has 2 rings (SSSR count). The highest BCUT2D eigenvalue weighted by Gasteiger charge is 2.21. The third kappa shape index (κ3) is 2.85. The number of aliphatic hydroxyl groups excluding tert-OH is 1. The van der Waals surface area contributed by atoms with Gasteiger partial charge in [-0.25, -0.2) is 0 Å². The van der Waals surface area contributed by atoms with Crippen LogP contribution in [-0.2, 0) is 0 Å². The van der Waals surface area contributed by atoms with E-state index in [0.29, 0.717) is 12.5 Å². The second-order valence-corrected chi connectivity index (χ2v) is 4.87. The average molecular weight is 256 g/mol. The van der Waals surface area contributed by atoms with Crippen LogP contribution in [0.15, 0.2) is 18.2 Å². The van der Waals surface area contributed by atoms with Crippen LogP contribution in [0, 0.1) is 5.92 Å². The average Bonchev–Trinajstić information content (AvgIpc) is 2.39. The van der Waals surface area contributed by atoms with Gasteiger partial charge in [-0.15, -0.1) is 0 Å². The molecule has 0 saturated carbocycles. The Balaban J connectivity index is 2.14. The van der Waals surface area contributed by atoms with Crippen LogP contribution in [0.2, 0.25) is 5.02 Å². The molecule has 4 heteroatoms. The summed E-state index contributed by atoms with van der Waals surface area (Å²) in [6.07, 6.45) is 2.04. The summed E-state index contributed by atoms with van der Waals surface area (Å²) in [4.78, 5) is 2.27. The van der Waals surface area contributed by atoms with Gasteiger partial charge in [0.05, 0.1) is 12.8 Å². The molecule has 0 amide bonds. The Kier molecular flexibility index (Phi) is 4.13. The predicted octanol–water partition coefficient (Wildman–Crippen LogP) is 2.56. The molecule has 0 spiro atoms. The first-order valence-electron chi connectivity index (χ1n) is 5.94. The number of aliphatic hydroxyl groups is 1. The van der Waals surface area contributed by atoms with Crippen molar-refractivity contribution in [2.24, 2.45) is 5.92 Å². The van der Waals surface area contributed by atoms with E-state index >= 15 is 0 Å². The first kappa shape index (κ1) is 12.5. The van der Waals surface area contributed by atoms with Gasteiger partial charge in [0.25, 0.3) is 0 Å². The topological polar surface area (TPSA) is 32.7 Å². The summed E-state index contributed by atoms with van der Waals surface area (Å²) in [5.41, 5.74) is 1.05. The molecule has 0 unspecified atom stereocenters. The fraction of sp³-hybridized carbons (Fsp3) is 0.538. The van der Waals surface area contributed by atoms with Gasteiger partial charge in [-0.3, -0.25) is 0 Å². The molecule has 1 aromatic carbocycles. The Labute approximate surface area is 107 Å². The molecule has 94 valence electrons. The number of hydrogen-bond acceptors (Lipinski definition) is 3. The van der Waals surface area contributed by atoms with Gasteiger partial charge >= 0.3 is 0 Å². The van der Waals surface area contributed by atoms with Crippen molar-refractivity contribution in [3.05, 3.63) is 23.2 Å². The first-order valence-corrected chi connectivity index (χ1v) is 6.31. The molecular weight excluding hydrogens is 238 g/mol. The van der Waals surface area contributed by atoms with E-state index in [1.54, 1.807) is 7.11 Å². The van der Waals surface area contributed by atoms with Crippen molar-refractivity contribution in [1.29, 1.82) is 0 Å². The van der Waals surface area contributed by atoms with E-state index in [-0.39, 0.29) is 0 Å². The number of nitrogens with zero attached hydrogens (tertiary/aromatic N) is 1. The largest absolute Gasteiger partial charge is 0.495 e. The van der Waals surface area contributed by atoms with Crippen LogP contribution < -0.4 is 9.64 Å². The summed E-state index contributed by atoms with van der Waals surface area (Å²) in [6.45, 7) is 2.18. The van der Waals surface area contributed by atoms with Crippen molar-refractivity contribution in [3.8, 4) is 5.75 Å². The minimum absolute atomic E-state index is 0.292. The highest BCUT2D eigenvalue weighted by Crippen LogP contribution is 2.33. The van der Waals surface area contributed by atoms with Gasteiger partial charge in [-0.2, -0.15) is 0 Å². The van der Waals surface area contributed by atoms with Gasteiger partial charge in [-0.05, 0) is 37.0 Å². The summed E-state index contributed by atoms with van der Waals surface area (Å²) in [6, 6.07) is 5.68. The van der Waals surface area contributed by atoms with E-state index < -0.39 is 0 Å². The van der Waals surface area contributed by atoms with Gasteiger partial charge in [0.2, 0.25) is 0 Å². The molecule has 0 atom stereocenters. The lowest BCUT2D eigenvalue weighted by atomic mass is 9.97. The molecule has 3 nitrogen and oxygen atoms in total. The van der Waals surface area contributed by atoms with Crippen molar-refractivity contribution in [1.82, 2.24) is 0 Å². The van der Waals surface area contributed by atoms with Crippen LogP contribution in [0.3, 0.4) is 0 Å². The maximum atomic E-state index is 9.13. The maximum absolute atomic E-state index is 9.13. The normalized spacial score (nSPS) is 17.2. The van der Waals surface area contributed by atoms with Crippen molar-refractivity contribution in [2.75, 3.05) is 31.7 Å². The van der Waals surface area contributed by atoms with Crippen molar-refractivity contribution in [3.63, 3.8) is 0 Å². The molecule has 1 aliphatic heterocycles. The van der Waals surface area contributed by atoms with Crippen LogP contribution in [0.1, 0.15) is 12.8 Å². The molecule has 0 radical (unpaired) electrons. The van der Waals surface area contributed by atoms with Gasteiger partial charge in [0.15, 0.2) is 0 Å². The van der Waals surface area contributed by atoms with Crippen molar-refractivity contribution in [2.45, 2.75) is 12.8 Å². The third-order valence-electron chi connectivity index (χ3n) is 3.35. The molecule has 1 saturated heterocycles. The van der Waals surface area contributed by atoms with Gasteiger partial charge in [0, 0.05) is 24.7 Å². The van der Waals surface area contributed by atoms with Crippen molar-refractivity contribution >= 4 is 17.3 Å². The second-order valence-electron chi connectivity index (χ2n) is 4.43. The van der Waals surface area contributed by atoms with Crippen LogP contribution in [0.4, 0.5) is 5.69 Å². The van der Waals surface area contributed by atoms with E-state index in [9.17, 15) is 0 Å². The fourth-order valence-electron chi connectivity index (χ4n) is 2.27. The number of hydrogen-bond donors (Lipinski definition) is 1. The molecule has 1 N–H and O–H groups in total. The summed E-state index contributed by atoms with van der Waals surface area (Å²) in [7, 11) is 1.67. The van der Waals surface area contributed by atoms with Crippen LogP contribution in [0.25, 0.3) is 0 Å². The Hall–Kier alpha value is -0.930. The molecule has 1 fully saturated rings. The Morgan fingerprint density at radius 2 is 2.12 bits per heavy atom. The molecule has 0 aliphatic carbocycles. The van der Waals surface area contributed by atoms with E-state index in [1.165, 1.54) is 0 Å². The Morgan fingerprint density at radius 3 is 2.71 bits per heavy atom. The smallest absolute Gasteiger partial charge is 0.142 e. The highest BCUT2D eigenvalue weighted by molar-refractivity contribution is 6.30. The molecule has 0 bridgehead atoms. The number of halogens is 1. The molecule has 1 heterocycles. The van der Waals surface area contributed by atoms with E-state index in [1.807, 2.05) is 18.2 Å². The van der Waals surface area contributed by atoms with Crippen LogP contribution >= 0.6 is 11.6 Å². The monoisotopic (exact) mass is 255 g/mol. The lowest BCUT2D eigenvalue weighted by molar-refractivity contribution is 0.203. The van der Waals surface area contributed by atoms with E-state index in [2.05, 4.69) is 4.90 Å². The summed E-state index contributed by atoms with van der Waals surface area (Å²) in [5, 5.41) is 9.86. The number of ether oxygens (including phenoxy) is 1. The first-order chi connectivity index (χ1) is 8.24. The third-order valence-corrected chi connectivity index (χ3v) is 3.59. The lowest BCUT2D eigenvalue weighted by Gasteiger charge is -2.33. The summed E-state index contributed by atoms with van der Waals surface area (Å²) < 4.78 is 5.36. The zero-order valence-electron chi connectivity index (χ0n) is 10.0. The quantitative estimate of drug-likeness (QED) is 0.901. The SMILES string of the molecule is COc1ccc(Cl)cc1N1CCC(CO)CC1. The number of methoxy groups -OCH3 is 1. The van der Waals surface area contributed by atoms with Gasteiger partial charge in [-0.1, -0.05) is 11.6 Å². The maximum Gasteiger partial charge on any atom is 0.142 e. The van der Waals surface area contributed by atoms with Crippen LogP contribution in [-0.4, -0.2) is 31.9 Å². The van der Waals surface area contributed by atoms with Crippen molar-refractivity contribution < 1.29 is 9.84 Å². The zero-order valence-corrected chi connectivity index (χ0v) is 10.8. The van der Waals surface area contributed by atoms with E-state index in [0.717, 1.165) is 42.4 Å². The number of rotatable bonds is 3. The number of benzene rings is 1. The lowest BCUT2D eigenvalue weighted by Crippen LogP contribution is -2.34.